The zero-order valence-corrected chi connectivity index (χ0v) is 10.6. The van der Waals surface area contributed by atoms with Crippen LogP contribution in [0.2, 0.25) is 0 Å². The van der Waals surface area contributed by atoms with Gasteiger partial charge >= 0.3 is 0 Å². The molecule has 88 valence electrons. The summed E-state index contributed by atoms with van der Waals surface area (Å²) in [5, 5.41) is 1.21. The molecule has 0 aliphatic heterocycles. The quantitative estimate of drug-likeness (QED) is 0.812. The fourth-order valence-corrected chi connectivity index (χ4v) is 2.75. The molecule has 2 aromatic rings. The van der Waals surface area contributed by atoms with E-state index in [1.54, 1.807) is 0 Å². The summed E-state index contributed by atoms with van der Waals surface area (Å²) in [4.78, 5) is 4.52. The third-order valence-corrected chi connectivity index (χ3v) is 4.12. The topological polar surface area (TPSA) is 38.9 Å². The first-order chi connectivity index (χ1) is 8.00. The summed E-state index contributed by atoms with van der Waals surface area (Å²) >= 11 is 0. The van der Waals surface area contributed by atoms with Gasteiger partial charge in [-0.15, -0.1) is 0 Å². The van der Waals surface area contributed by atoms with Crippen molar-refractivity contribution in [1.82, 2.24) is 4.98 Å². The van der Waals surface area contributed by atoms with Crippen molar-refractivity contribution in [1.29, 1.82) is 0 Å². The van der Waals surface area contributed by atoms with E-state index in [1.165, 1.54) is 10.9 Å². The summed E-state index contributed by atoms with van der Waals surface area (Å²) in [5.74, 6) is 0.494. The molecule has 3 rings (SSSR count). The largest absolute Gasteiger partial charge is 0.327 e. The average molecular weight is 226 g/mol. The fourth-order valence-electron chi connectivity index (χ4n) is 2.75. The Labute approximate surface area is 102 Å². The molecule has 1 saturated carbocycles. The molecular formula is C15H18N2. The molecule has 0 bridgehead atoms. The third-order valence-electron chi connectivity index (χ3n) is 4.12. The van der Waals surface area contributed by atoms with Gasteiger partial charge in [0.25, 0.3) is 0 Å². The van der Waals surface area contributed by atoms with Crippen molar-refractivity contribution in [2.45, 2.75) is 32.7 Å². The molecular weight excluding hydrogens is 208 g/mol. The minimum Gasteiger partial charge on any atom is -0.327 e. The number of rotatable bonds is 1. The number of nitrogens with two attached hydrogens (primary N) is 1. The van der Waals surface area contributed by atoms with E-state index in [0.717, 1.165) is 11.2 Å². The molecule has 17 heavy (non-hydrogen) atoms. The number of aromatic nitrogens is 1. The molecule has 0 spiro atoms. The standard InChI is InChI=1S/C15H18N2/c1-9-4-5-10-8-11(6-7-12(10)17-9)13-14(16)15(13,2)3/h4-8,13-14H,16H2,1-3H3. The first-order valence-corrected chi connectivity index (χ1v) is 6.13. The molecule has 1 aliphatic carbocycles. The Bertz CT molecular complexity index is 586. The van der Waals surface area contributed by atoms with Gasteiger partial charge in [-0.1, -0.05) is 26.0 Å². The van der Waals surface area contributed by atoms with E-state index in [0.29, 0.717) is 12.0 Å². The molecule has 2 heteroatoms. The van der Waals surface area contributed by atoms with Crippen LogP contribution in [0.4, 0.5) is 0 Å². The van der Waals surface area contributed by atoms with Crippen LogP contribution in [0.25, 0.3) is 10.9 Å². The Hall–Kier alpha value is -1.41. The molecule has 0 amide bonds. The van der Waals surface area contributed by atoms with Crippen LogP contribution in [0.15, 0.2) is 30.3 Å². The molecule has 2 nitrogen and oxygen atoms in total. The number of hydrogen-bond donors (Lipinski definition) is 1. The van der Waals surface area contributed by atoms with E-state index in [9.17, 15) is 0 Å². The zero-order chi connectivity index (χ0) is 12.2. The predicted octanol–water partition coefficient (Wildman–Crippen LogP) is 2.99. The van der Waals surface area contributed by atoms with E-state index in [1.807, 2.05) is 6.92 Å². The summed E-state index contributed by atoms with van der Waals surface area (Å²) < 4.78 is 0. The molecule has 1 fully saturated rings. The van der Waals surface area contributed by atoms with Gasteiger partial charge in [-0.25, -0.2) is 0 Å². The lowest BCUT2D eigenvalue weighted by Gasteiger charge is -2.05. The van der Waals surface area contributed by atoms with Crippen LogP contribution in [0.5, 0.6) is 0 Å². The lowest BCUT2D eigenvalue weighted by Crippen LogP contribution is -2.06. The summed E-state index contributed by atoms with van der Waals surface area (Å²) in [6.07, 6.45) is 0. The Morgan fingerprint density at radius 1 is 1.18 bits per heavy atom. The van der Waals surface area contributed by atoms with Crippen molar-refractivity contribution in [3.05, 3.63) is 41.6 Å². The number of nitrogens with zero attached hydrogens (tertiary/aromatic N) is 1. The molecule has 2 N–H and O–H groups in total. The van der Waals surface area contributed by atoms with Crippen LogP contribution in [0.1, 0.15) is 31.0 Å². The van der Waals surface area contributed by atoms with Gasteiger partial charge in [0.15, 0.2) is 0 Å². The molecule has 1 aromatic carbocycles. The maximum absolute atomic E-state index is 6.13. The normalized spacial score (nSPS) is 26.1. The summed E-state index contributed by atoms with van der Waals surface area (Å²) in [6, 6.07) is 11.0. The summed E-state index contributed by atoms with van der Waals surface area (Å²) in [7, 11) is 0. The van der Waals surface area contributed by atoms with Crippen LogP contribution in [-0.2, 0) is 0 Å². The van der Waals surface area contributed by atoms with Crippen molar-refractivity contribution >= 4 is 10.9 Å². The second kappa shape index (κ2) is 3.30. The molecule has 2 unspecified atom stereocenters. The Morgan fingerprint density at radius 2 is 1.88 bits per heavy atom. The molecule has 0 radical (unpaired) electrons. The number of fused-ring (bicyclic) bond motifs is 1. The van der Waals surface area contributed by atoms with Crippen molar-refractivity contribution < 1.29 is 0 Å². The smallest absolute Gasteiger partial charge is 0.0705 e. The summed E-state index contributed by atoms with van der Waals surface area (Å²) in [5.41, 5.74) is 9.85. The fraction of sp³-hybridized carbons (Fsp3) is 0.400. The predicted molar refractivity (Wildman–Crippen MR) is 71.0 cm³/mol. The van der Waals surface area contributed by atoms with Crippen LogP contribution in [-0.4, -0.2) is 11.0 Å². The van der Waals surface area contributed by atoms with Gasteiger partial charge in [-0.2, -0.15) is 0 Å². The van der Waals surface area contributed by atoms with E-state index in [4.69, 9.17) is 5.73 Å². The van der Waals surface area contributed by atoms with Gasteiger partial charge in [0.2, 0.25) is 0 Å². The highest BCUT2D eigenvalue weighted by molar-refractivity contribution is 5.79. The molecule has 1 aromatic heterocycles. The first kappa shape index (κ1) is 10.7. The Morgan fingerprint density at radius 3 is 2.53 bits per heavy atom. The summed E-state index contributed by atoms with van der Waals surface area (Å²) in [6.45, 7) is 6.49. The minimum absolute atomic E-state index is 0.242. The molecule has 1 heterocycles. The average Bonchev–Trinajstić information content (AvgIpc) is 2.78. The van der Waals surface area contributed by atoms with Gasteiger partial charge < -0.3 is 5.73 Å². The minimum atomic E-state index is 0.242. The first-order valence-electron chi connectivity index (χ1n) is 6.13. The van der Waals surface area contributed by atoms with E-state index in [2.05, 4.69) is 49.2 Å². The third kappa shape index (κ3) is 1.55. The Balaban J connectivity index is 2.07. The van der Waals surface area contributed by atoms with Gasteiger partial charge in [-0.05, 0) is 36.1 Å². The second-order valence-corrected chi connectivity index (χ2v) is 5.73. The number of pyridine rings is 1. The molecule has 2 atom stereocenters. The lowest BCUT2D eigenvalue weighted by atomic mass is 10.0. The van der Waals surface area contributed by atoms with Crippen molar-refractivity contribution in [2.24, 2.45) is 11.1 Å². The molecule has 0 saturated heterocycles. The number of hydrogen-bond acceptors (Lipinski definition) is 2. The van der Waals surface area contributed by atoms with Crippen molar-refractivity contribution in [3.63, 3.8) is 0 Å². The monoisotopic (exact) mass is 226 g/mol. The van der Waals surface area contributed by atoms with Crippen LogP contribution in [0.3, 0.4) is 0 Å². The van der Waals surface area contributed by atoms with Gasteiger partial charge in [0.1, 0.15) is 0 Å². The Kier molecular flexibility index (Phi) is 2.08. The molecule has 1 aliphatic rings. The zero-order valence-electron chi connectivity index (χ0n) is 10.6. The number of benzene rings is 1. The van der Waals surface area contributed by atoms with Crippen LogP contribution < -0.4 is 5.73 Å². The van der Waals surface area contributed by atoms with Gasteiger partial charge in [0.05, 0.1) is 5.52 Å². The second-order valence-electron chi connectivity index (χ2n) is 5.73. The highest BCUT2D eigenvalue weighted by Crippen LogP contribution is 2.57. The lowest BCUT2D eigenvalue weighted by molar-refractivity contribution is 0.599. The van der Waals surface area contributed by atoms with E-state index >= 15 is 0 Å². The van der Waals surface area contributed by atoms with Crippen molar-refractivity contribution in [3.8, 4) is 0 Å². The highest BCUT2D eigenvalue weighted by atomic mass is 14.8. The van der Waals surface area contributed by atoms with Crippen LogP contribution >= 0.6 is 0 Å². The van der Waals surface area contributed by atoms with E-state index in [-0.39, 0.29) is 5.41 Å². The van der Waals surface area contributed by atoms with Crippen molar-refractivity contribution in [2.75, 3.05) is 0 Å². The van der Waals surface area contributed by atoms with Gasteiger partial charge in [-0.3, -0.25) is 4.98 Å². The SMILES string of the molecule is Cc1ccc2cc(C3C(N)C3(C)C)ccc2n1. The number of aryl methyl sites for hydroxylation is 1. The van der Waals surface area contributed by atoms with Crippen LogP contribution in [0, 0.1) is 12.3 Å². The maximum atomic E-state index is 6.13. The maximum Gasteiger partial charge on any atom is 0.0705 e. The van der Waals surface area contributed by atoms with Gasteiger partial charge in [0, 0.05) is 23.0 Å². The highest BCUT2D eigenvalue weighted by Gasteiger charge is 2.56. The van der Waals surface area contributed by atoms with E-state index < -0.39 is 0 Å².